The van der Waals surface area contributed by atoms with Gasteiger partial charge in [-0.3, -0.25) is 0 Å². The zero-order chi connectivity index (χ0) is 21.4. The first kappa shape index (κ1) is 21.7. The van der Waals surface area contributed by atoms with E-state index >= 15 is 0 Å². The Morgan fingerprint density at radius 3 is 1.34 bits per heavy atom. The fourth-order valence-corrected chi connectivity index (χ4v) is 4.46. The molecule has 0 nitrogen and oxygen atoms in total. The smallest absolute Gasteiger partial charge is 0.166 e. The minimum absolute atomic E-state index is 0.154. The highest BCUT2D eigenvalue weighted by molar-refractivity contribution is 5.40. The number of alkyl halides is 6. The topological polar surface area (TPSA) is 0 Å². The lowest BCUT2D eigenvalue weighted by Gasteiger charge is -2.28. The normalized spacial score (nSPS) is 21.1. The zero-order valence-electron chi connectivity index (χ0n) is 16.4. The van der Waals surface area contributed by atoms with Gasteiger partial charge in [-0.2, -0.15) is 26.3 Å². The molecule has 2 aromatic carbocycles. The van der Waals surface area contributed by atoms with Crippen molar-refractivity contribution >= 4 is 0 Å². The van der Waals surface area contributed by atoms with Gasteiger partial charge in [0, 0.05) is 0 Å². The van der Waals surface area contributed by atoms with Crippen molar-refractivity contribution in [3.8, 4) is 0 Å². The zero-order valence-corrected chi connectivity index (χ0v) is 16.4. The number of halogens is 6. The third kappa shape index (κ3) is 4.78. The fourth-order valence-electron chi connectivity index (χ4n) is 4.46. The molecule has 0 heterocycles. The first-order valence-electron chi connectivity index (χ1n) is 9.84. The van der Waals surface area contributed by atoms with E-state index in [1.165, 1.54) is 38.1 Å². The lowest BCUT2D eigenvalue weighted by molar-refractivity contribution is -0.139. The van der Waals surface area contributed by atoms with Crippen LogP contribution in [0, 0.1) is 13.8 Å². The Kier molecular flexibility index (Phi) is 6.02. The Morgan fingerprint density at radius 1 is 0.621 bits per heavy atom. The average Bonchev–Trinajstić information content (AvgIpc) is 2.86. The fraction of sp³-hybridized carbons (Fsp3) is 0.478. The molecule has 0 saturated heterocycles. The molecule has 158 valence electrons. The highest BCUT2D eigenvalue weighted by Gasteiger charge is 2.36. The standard InChI is InChI=1S/C23H24F6/c1-14-8-10-16(12-20(14)22(24,25)26)18-6-4-3-5-7-19(18)17-11-9-15(2)21(13-17)23(27,28)29/h8-13,18-19H,3-7H2,1-2H3. The SMILES string of the molecule is Cc1ccc(C2CCCCCC2c2ccc(C)c(C(F)(F)F)c2)cc1C(F)(F)F. The van der Waals surface area contributed by atoms with Crippen molar-refractivity contribution in [2.24, 2.45) is 0 Å². The number of hydrogen-bond acceptors (Lipinski definition) is 0. The second kappa shape index (κ2) is 8.04. The quantitative estimate of drug-likeness (QED) is 0.343. The van der Waals surface area contributed by atoms with Crippen LogP contribution in [0.3, 0.4) is 0 Å². The van der Waals surface area contributed by atoms with Crippen LogP contribution >= 0.6 is 0 Å². The summed E-state index contributed by atoms with van der Waals surface area (Å²) < 4.78 is 80.4. The van der Waals surface area contributed by atoms with E-state index in [1.54, 1.807) is 12.1 Å². The summed E-state index contributed by atoms with van der Waals surface area (Å²) in [6.07, 6.45) is -4.92. The molecule has 1 saturated carbocycles. The van der Waals surface area contributed by atoms with E-state index in [2.05, 4.69) is 0 Å². The van der Waals surface area contributed by atoms with Gasteiger partial charge in [-0.25, -0.2) is 0 Å². The third-order valence-electron chi connectivity index (χ3n) is 6.01. The maximum Gasteiger partial charge on any atom is 0.416 e. The van der Waals surface area contributed by atoms with Gasteiger partial charge >= 0.3 is 12.4 Å². The lowest BCUT2D eigenvalue weighted by atomic mass is 9.77. The molecule has 3 rings (SSSR count). The van der Waals surface area contributed by atoms with Crippen LogP contribution in [-0.4, -0.2) is 0 Å². The molecule has 2 unspecified atom stereocenters. The number of hydrogen-bond donors (Lipinski definition) is 0. The average molecular weight is 414 g/mol. The van der Waals surface area contributed by atoms with Crippen molar-refractivity contribution in [1.82, 2.24) is 0 Å². The van der Waals surface area contributed by atoms with Crippen molar-refractivity contribution in [2.75, 3.05) is 0 Å². The van der Waals surface area contributed by atoms with Gasteiger partial charge in [0.15, 0.2) is 0 Å². The molecule has 6 heteroatoms. The molecule has 0 bridgehead atoms. The summed E-state index contributed by atoms with van der Waals surface area (Å²) in [5.41, 5.74) is 0.0888. The Balaban J connectivity index is 2.06. The first-order valence-corrected chi connectivity index (χ1v) is 9.84. The molecule has 29 heavy (non-hydrogen) atoms. The molecular weight excluding hydrogens is 390 g/mol. The van der Waals surface area contributed by atoms with Gasteiger partial charge < -0.3 is 0 Å². The molecule has 1 aliphatic rings. The molecule has 0 spiro atoms. The number of rotatable bonds is 2. The van der Waals surface area contributed by atoms with Crippen LogP contribution in [0.4, 0.5) is 26.3 Å². The first-order chi connectivity index (χ1) is 13.5. The van der Waals surface area contributed by atoms with Gasteiger partial charge in [0.1, 0.15) is 0 Å². The van der Waals surface area contributed by atoms with Crippen LogP contribution in [0.1, 0.15) is 77.3 Å². The van der Waals surface area contributed by atoms with Crippen LogP contribution in [0.5, 0.6) is 0 Å². The molecule has 2 atom stereocenters. The highest BCUT2D eigenvalue weighted by atomic mass is 19.4. The lowest BCUT2D eigenvalue weighted by Crippen LogP contribution is -2.15. The Morgan fingerprint density at radius 2 is 1.00 bits per heavy atom. The summed E-state index contributed by atoms with van der Waals surface area (Å²) in [5.74, 6) is -0.467. The van der Waals surface area contributed by atoms with E-state index in [4.69, 9.17) is 0 Å². The number of benzene rings is 2. The largest absolute Gasteiger partial charge is 0.416 e. The summed E-state index contributed by atoms with van der Waals surface area (Å²) >= 11 is 0. The molecule has 1 fully saturated rings. The van der Waals surface area contributed by atoms with Gasteiger partial charge in [-0.05, 0) is 72.9 Å². The Labute approximate surface area is 166 Å². The molecule has 0 N–H and O–H groups in total. The Hall–Kier alpha value is -1.98. The minimum Gasteiger partial charge on any atom is -0.166 e. The minimum atomic E-state index is -4.45. The van der Waals surface area contributed by atoms with Crippen LogP contribution in [0.2, 0.25) is 0 Å². The monoisotopic (exact) mass is 414 g/mol. The summed E-state index contributed by atoms with van der Waals surface area (Å²) in [4.78, 5) is 0. The maximum atomic E-state index is 13.4. The second-order valence-corrected chi connectivity index (χ2v) is 8.00. The predicted molar refractivity (Wildman–Crippen MR) is 101 cm³/mol. The van der Waals surface area contributed by atoms with Crippen LogP contribution < -0.4 is 0 Å². The van der Waals surface area contributed by atoms with Gasteiger partial charge in [0.05, 0.1) is 11.1 Å². The molecule has 0 radical (unpaired) electrons. The van der Waals surface area contributed by atoms with Crippen molar-refractivity contribution in [1.29, 1.82) is 0 Å². The van der Waals surface area contributed by atoms with E-state index in [-0.39, 0.29) is 23.0 Å². The molecule has 1 aliphatic carbocycles. The molecule has 0 aliphatic heterocycles. The summed E-state index contributed by atoms with van der Waals surface area (Å²) in [6.45, 7) is 2.85. The van der Waals surface area contributed by atoms with Gasteiger partial charge in [-0.15, -0.1) is 0 Å². The van der Waals surface area contributed by atoms with Crippen molar-refractivity contribution < 1.29 is 26.3 Å². The van der Waals surface area contributed by atoms with Gasteiger partial charge in [0.2, 0.25) is 0 Å². The van der Waals surface area contributed by atoms with Crippen LogP contribution in [-0.2, 0) is 12.4 Å². The summed E-state index contributed by atoms with van der Waals surface area (Å²) in [6, 6.07) is 8.72. The van der Waals surface area contributed by atoms with Crippen LogP contribution in [0.15, 0.2) is 36.4 Å². The second-order valence-electron chi connectivity index (χ2n) is 8.00. The van der Waals surface area contributed by atoms with E-state index in [9.17, 15) is 26.3 Å². The van der Waals surface area contributed by atoms with Crippen molar-refractivity contribution in [3.05, 3.63) is 69.8 Å². The Bertz CT molecular complexity index is 791. The molecule has 0 aromatic heterocycles. The van der Waals surface area contributed by atoms with Crippen LogP contribution in [0.25, 0.3) is 0 Å². The van der Waals surface area contributed by atoms with E-state index in [0.29, 0.717) is 24.0 Å². The van der Waals surface area contributed by atoms with Crippen molar-refractivity contribution in [3.63, 3.8) is 0 Å². The third-order valence-corrected chi connectivity index (χ3v) is 6.01. The van der Waals surface area contributed by atoms with E-state index < -0.39 is 23.5 Å². The summed E-state index contributed by atoms with van der Waals surface area (Å²) in [7, 11) is 0. The summed E-state index contributed by atoms with van der Waals surface area (Å²) in [5, 5.41) is 0. The maximum absolute atomic E-state index is 13.4. The molecular formula is C23H24F6. The highest BCUT2D eigenvalue weighted by Crippen LogP contribution is 2.45. The number of aryl methyl sites for hydroxylation is 2. The molecule has 0 amide bonds. The van der Waals surface area contributed by atoms with Crippen molar-refractivity contribution in [2.45, 2.75) is 70.1 Å². The van der Waals surface area contributed by atoms with E-state index in [1.807, 2.05) is 0 Å². The predicted octanol–water partition coefficient (Wildman–Crippen LogP) is 8.17. The van der Waals surface area contributed by atoms with E-state index in [0.717, 1.165) is 19.3 Å². The van der Waals surface area contributed by atoms with Gasteiger partial charge in [0.25, 0.3) is 0 Å². The molecule has 2 aromatic rings. The van der Waals surface area contributed by atoms with Gasteiger partial charge in [-0.1, -0.05) is 43.5 Å².